The molecule has 4 heteroatoms. The minimum atomic E-state index is 0.377. The van der Waals surface area contributed by atoms with E-state index in [0.717, 1.165) is 53.3 Å². The van der Waals surface area contributed by atoms with Gasteiger partial charge in [-0.2, -0.15) is 0 Å². The van der Waals surface area contributed by atoms with Gasteiger partial charge in [0, 0.05) is 26.9 Å². The summed E-state index contributed by atoms with van der Waals surface area (Å²) < 4.78 is 6.59. The van der Waals surface area contributed by atoms with Crippen LogP contribution in [0.3, 0.4) is 0 Å². The minimum Gasteiger partial charge on any atom is -0.496 e. The van der Waals surface area contributed by atoms with Crippen molar-refractivity contribution >= 4 is 6.08 Å². The first kappa shape index (κ1) is 13.3. The third-order valence-corrected chi connectivity index (χ3v) is 4.41. The lowest BCUT2D eigenvalue weighted by atomic mass is 9.89. The van der Waals surface area contributed by atoms with Crippen LogP contribution in [0.1, 0.15) is 24.0 Å². The second kappa shape index (κ2) is 5.37. The van der Waals surface area contributed by atoms with Gasteiger partial charge in [-0.15, -0.1) is 0 Å². The molecule has 2 aliphatic heterocycles. The first-order chi connectivity index (χ1) is 9.69. The standard InChI is InChI=1S/C16H21N2O2/c1-17-8-6-12(7-9-17)15-10-14-13(11-18(15)19)4-3-5-16(14)20-2/h3-5,10,12H,6-9,11H2,1-2H3/q+1. The van der Waals surface area contributed by atoms with Crippen LogP contribution in [0, 0.1) is 10.8 Å². The SMILES string of the molecule is COc1cccc2c1C=C(C1CCN(C)CC1)[N+](=O)C2. The maximum absolute atomic E-state index is 12.3. The van der Waals surface area contributed by atoms with Crippen LogP contribution in [0.25, 0.3) is 6.08 Å². The highest BCUT2D eigenvalue weighted by Gasteiger charge is 2.34. The molecule has 1 saturated heterocycles. The first-order valence-electron chi connectivity index (χ1n) is 7.19. The smallest absolute Gasteiger partial charge is 0.237 e. The molecule has 3 rings (SSSR count). The average molecular weight is 273 g/mol. The predicted molar refractivity (Wildman–Crippen MR) is 78.5 cm³/mol. The number of nitroso groups, excluding NO2 is 1. The molecule has 0 N–H and O–H groups in total. The zero-order valence-electron chi connectivity index (χ0n) is 12.1. The molecule has 1 aromatic carbocycles. The Kier molecular flexibility index (Phi) is 3.57. The molecular formula is C16H21N2O2+. The van der Waals surface area contributed by atoms with E-state index in [1.165, 1.54) is 0 Å². The monoisotopic (exact) mass is 273 g/mol. The molecule has 2 heterocycles. The van der Waals surface area contributed by atoms with Crippen LogP contribution in [-0.4, -0.2) is 36.9 Å². The Hall–Kier alpha value is -1.68. The van der Waals surface area contributed by atoms with Crippen LogP contribution < -0.4 is 4.74 Å². The third kappa shape index (κ3) is 2.36. The van der Waals surface area contributed by atoms with Gasteiger partial charge < -0.3 is 9.64 Å². The molecule has 0 unspecified atom stereocenters. The largest absolute Gasteiger partial charge is 0.496 e. The van der Waals surface area contributed by atoms with Crippen LogP contribution in [-0.2, 0) is 6.54 Å². The highest BCUT2D eigenvalue weighted by atomic mass is 16.5. The van der Waals surface area contributed by atoms with Crippen LogP contribution in [0.2, 0.25) is 0 Å². The summed E-state index contributed by atoms with van der Waals surface area (Å²) in [7, 11) is 3.82. The summed E-state index contributed by atoms with van der Waals surface area (Å²) in [6.45, 7) is 2.56. The van der Waals surface area contributed by atoms with E-state index in [0.29, 0.717) is 12.5 Å². The molecule has 1 fully saturated rings. The predicted octanol–water partition coefficient (Wildman–Crippen LogP) is 2.67. The number of benzene rings is 1. The second-order valence-corrected chi connectivity index (χ2v) is 5.72. The molecule has 0 amide bonds. The number of fused-ring (bicyclic) bond motifs is 1. The highest BCUT2D eigenvalue weighted by molar-refractivity contribution is 5.63. The lowest BCUT2D eigenvalue weighted by Crippen LogP contribution is -2.33. The number of ether oxygens (including phenoxy) is 1. The number of hydrogen-bond acceptors (Lipinski definition) is 3. The molecule has 2 aliphatic rings. The van der Waals surface area contributed by atoms with E-state index < -0.39 is 0 Å². The summed E-state index contributed by atoms with van der Waals surface area (Å²) in [5.41, 5.74) is 3.06. The van der Waals surface area contributed by atoms with Gasteiger partial charge in [0.25, 0.3) is 0 Å². The fourth-order valence-corrected chi connectivity index (χ4v) is 3.16. The third-order valence-electron chi connectivity index (χ3n) is 4.41. The van der Waals surface area contributed by atoms with Crippen molar-refractivity contribution in [1.82, 2.24) is 4.90 Å². The molecule has 0 spiro atoms. The van der Waals surface area contributed by atoms with Gasteiger partial charge in [-0.3, -0.25) is 0 Å². The summed E-state index contributed by atoms with van der Waals surface area (Å²) in [6, 6.07) is 5.91. The molecule has 4 nitrogen and oxygen atoms in total. The van der Waals surface area contributed by atoms with Gasteiger partial charge in [0.05, 0.1) is 13.0 Å². The molecule has 0 saturated carbocycles. The van der Waals surface area contributed by atoms with Crippen molar-refractivity contribution in [2.24, 2.45) is 5.92 Å². The van der Waals surface area contributed by atoms with E-state index in [2.05, 4.69) is 11.9 Å². The Labute approximate surface area is 119 Å². The second-order valence-electron chi connectivity index (χ2n) is 5.72. The van der Waals surface area contributed by atoms with Gasteiger partial charge in [0.15, 0.2) is 0 Å². The van der Waals surface area contributed by atoms with Gasteiger partial charge in [-0.05, 0) is 39.0 Å². The van der Waals surface area contributed by atoms with E-state index in [1.54, 1.807) is 7.11 Å². The van der Waals surface area contributed by atoms with Gasteiger partial charge >= 0.3 is 0 Å². The van der Waals surface area contributed by atoms with Crippen molar-refractivity contribution in [3.8, 4) is 5.75 Å². The summed E-state index contributed by atoms with van der Waals surface area (Å²) in [5, 5.41) is 0. The summed E-state index contributed by atoms with van der Waals surface area (Å²) in [6.07, 6.45) is 4.16. The quantitative estimate of drug-likeness (QED) is 0.777. The van der Waals surface area contributed by atoms with Gasteiger partial charge in [-0.25, -0.2) is 0 Å². The molecular weight excluding hydrogens is 252 g/mol. The number of piperidine rings is 1. The number of nitrogens with zero attached hydrogens (tertiary/aromatic N) is 2. The Bertz CT molecular complexity index is 558. The van der Waals surface area contributed by atoms with E-state index in [9.17, 15) is 4.91 Å². The van der Waals surface area contributed by atoms with Crippen molar-refractivity contribution in [2.45, 2.75) is 19.4 Å². The lowest BCUT2D eigenvalue weighted by Gasteiger charge is -2.28. The molecule has 20 heavy (non-hydrogen) atoms. The van der Waals surface area contributed by atoms with E-state index >= 15 is 0 Å². The van der Waals surface area contributed by atoms with Gasteiger partial charge in [0.2, 0.25) is 12.2 Å². The Morgan fingerprint density at radius 1 is 1.30 bits per heavy atom. The van der Waals surface area contributed by atoms with Gasteiger partial charge in [-0.1, -0.05) is 12.1 Å². The van der Waals surface area contributed by atoms with Crippen molar-refractivity contribution < 1.29 is 9.50 Å². The van der Waals surface area contributed by atoms with E-state index in [-0.39, 0.29) is 0 Å². The molecule has 1 aromatic rings. The van der Waals surface area contributed by atoms with Crippen molar-refractivity contribution in [3.63, 3.8) is 0 Å². The summed E-state index contributed by atoms with van der Waals surface area (Å²) >= 11 is 0. The van der Waals surface area contributed by atoms with Crippen molar-refractivity contribution in [3.05, 3.63) is 39.9 Å². The number of rotatable bonds is 2. The Balaban J connectivity index is 1.94. The fourth-order valence-electron chi connectivity index (χ4n) is 3.16. The lowest BCUT2D eigenvalue weighted by molar-refractivity contribution is -0.523. The normalized spacial score (nSPS) is 20.5. The van der Waals surface area contributed by atoms with Crippen LogP contribution >= 0.6 is 0 Å². The molecule has 0 aromatic heterocycles. The number of allylic oxidation sites excluding steroid dienone is 1. The minimum absolute atomic E-state index is 0.377. The zero-order chi connectivity index (χ0) is 14.1. The average Bonchev–Trinajstić information content (AvgIpc) is 2.47. The summed E-state index contributed by atoms with van der Waals surface area (Å²) in [4.78, 5) is 14.7. The van der Waals surface area contributed by atoms with Crippen LogP contribution in [0.5, 0.6) is 5.75 Å². The molecule has 0 bridgehead atoms. The Morgan fingerprint density at radius 3 is 2.75 bits per heavy atom. The van der Waals surface area contributed by atoms with E-state index in [4.69, 9.17) is 4.74 Å². The number of methoxy groups -OCH3 is 1. The first-order valence-corrected chi connectivity index (χ1v) is 7.19. The molecule has 106 valence electrons. The molecule has 0 aliphatic carbocycles. The van der Waals surface area contributed by atoms with Gasteiger partial charge in [0.1, 0.15) is 5.75 Å². The molecule has 0 radical (unpaired) electrons. The maximum atomic E-state index is 12.3. The topological polar surface area (TPSA) is 32.5 Å². The number of hydrogen-bond donors (Lipinski definition) is 0. The van der Waals surface area contributed by atoms with Crippen LogP contribution in [0.15, 0.2) is 23.9 Å². The maximum Gasteiger partial charge on any atom is 0.237 e. The Morgan fingerprint density at radius 2 is 2.05 bits per heavy atom. The zero-order valence-corrected chi connectivity index (χ0v) is 12.1. The fraction of sp³-hybridized carbons (Fsp3) is 0.500. The van der Waals surface area contributed by atoms with Crippen LogP contribution in [0.4, 0.5) is 0 Å². The highest BCUT2D eigenvalue weighted by Crippen LogP contribution is 2.35. The van der Waals surface area contributed by atoms with Crippen molar-refractivity contribution in [2.75, 3.05) is 27.2 Å². The van der Waals surface area contributed by atoms with E-state index in [1.807, 2.05) is 24.3 Å². The van der Waals surface area contributed by atoms with Crippen molar-refractivity contribution in [1.29, 1.82) is 0 Å². The summed E-state index contributed by atoms with van der Waals surface area (Å²) in [5.74, 6) is 1.24. The number of likely N-dealkylation sites (tertiary alicyclic amines) is 1. The molecule has 0 atom stereocenters.